The number of carbonyl (C=O) groups excluding carboxylic acids is 1. The van der Waals surface area contributed by atoms with E-state index >= 15 is 0 Å². The maximum atomic E-state index is 13.3. The van der Waals surface area contributed by atoms with E-state index in [9.17, 15) is 9.18 Å². The highest BCUT2D eigenvalue weighted by Crippen LogP contribution is 2.28. The largest absolute Gasteiger partial charge is 0.372 e. The van der Waals surface area contributed by atoms with E-state index in [0.717, 1.165) is 42.6 Å². The van der Waals surface area contributed by atoms with E-state index in [0.29, 0.717) is 18.8 Å². The predicted molar refractivity (Wildman–Crippen MR) is 96.1 cm³/mol. The van der Waals surface area contributed by atoms with Gasteiger partial charge in [0.05, 0.1) is 17.9 Å². The Balaban J connectivity index is 1.72. The lowest BCUT2D eigenvalue weighted by molar-refractivity contribution is -0.0587. The number of carbonyl (C=O) groups is 1. The molecule has 2 heterocycles. The second-order valence-corrected chi connectivity index (χ2v) is 7.34. The van der Waals surface area contributed by atoms with Crippen molar-refractivity contribution in [2.45, 2.75) is 51.7 Å². The molecule has 138 valence electrons. The molecule has 1 fully saturated rings. The third-order valence-corrected chi connectivity index (χ3v) is 5.16. The Hall–Kier alpha value is -2.21. The third kappa shape index (κ3) is 3.14. The number of amides is 1. The Kier molecular flexibility index (Phi) is 4.53. The van der Waals surface area contributed by atoms with Gasteiger partial charge in [-0.2, -0.15) is 5.10 Å². The van der Waals surface area contributed by atoms with Gasteiger partial charge in [-0.3, -0.25) is 4.79 Å². The van der Waals surface area contributed by atoms with Gasteiger partial charge >= 0.3 is 0 Å². The molecule has 1 aliphatic heterocycles. The Labute approximate surface area is 152 Å². The number of nitrogens with zero attached hydrogens (tertiary/aromatic N) is 3. The van der Waals surface area contributed by atoms with E-state index in [1.165, 1.54) is 12.1 Å². The number of ether oxygens (including phenoxy) is 1. The molecule has 2 aliphatic rings. The van der Waals surface area contributed by atoms with Gasteiger partial charge in [-0.15, -0.1) is 0 Å². The molecule has 1 amide bonds. The van der Waals surface area contributed by atoms with E-state index in [1.807, 2.05) is 23.4 Å². The fourth-order valence-electron chi connectivity index (χ4n) is 4.06. The van der Waals surface area contributed by atoms with Gasteiger partial charge in [0.25, 0.3) is 5.91 Å². The van der Waals surface area contributed by atoms with Crippen LogP contribution in [0.4, 0.5) is 4.39 Å². The summed E-state index contributed by atoms with van der Waals surface area (Å²) in [4.78, 5) is 15.0. The van der Waals surface area contributed by atoms with Crippen molar-refractivity contribution in [1.82, 2.24) is 14.7 Å². The number of hydrogen-bond donors (Lipinski definition) is 0. The molecule has 1 saturated heterocycles. The zero-order valence-electron chi connectivity index (χ0n) is 15.2. The Morgan fingerprint density at radius 1 is 1.12 bits per heavy atom. The molecule has 0 N–H and O–H groups in total. The molecule has 0 bridgehead atoms. The molecule has 1 aliphatic carbocycles. The van der Waals surface area contributed by atoms with Crippen molar-refractivity contribution >= 4 is 5.91 Å². The molecule has 1 aromatic heterocycles. The van der Waals surface area contributed by atoms with Crippen LogP contribution in [0, 0.1) is 5.82 Å². The van der Waals surface area contributed by atoms with E-state index in [1.54, 1.807) is 12.1 Å². The molecule has 0 unspecified atom stereocenters. The monoisotopic (exact) mass is 357 g/mol. The molecule has 26 heavy (non-hydrogen) atoms. The number of aromatic nitrogens is 2. The number of hydrogen-bond acceptors (Lipinski definition) is 3. The highest BCUT2D eigenvalue weighted by molar-refractivity contribution is 5.94. The van der Waals surface area contributed by atoms with Crippen molar-refractivity contribution in [3.63, 3.8) is 0 Å². The lowest BCUT2D eigenvalue weighted by Crippen LogP contribution is -2.48. The lowest BCUT2D eigenvalue weighted by Gasteiger charge is -2.35. The van der Waals surface area contributed by atoms with E-state index in [4.69, 9.17) is 4.74 Å². The quantitative estimate of drug-likeness (QED) is 0.830. The van der Waals surface area contributed by atoms with E-state index < -0.39 is 0 Å². The SMILES string of the molecule is C[C@H]1CN(C(=O)c2nn(-c3ccc(F)cc3)c3c2CCCC3)C[C@H](C)O1. The second kappa shape index (κ2) is 6.83. The summed E-state index contributed by atoms with van der Waals surface area (Å²) in [5.74, 6) is -0.298. The fourth-order valence-corrected chi connectivity index (χ4v) is 4.06. The minimum atomic E-state index is -0.276. The first kappa shape index (κ1) is 17.2. The first-order chi connectivity index (χ1) is 12.5. The maximum Gasteiger partial charge on any atom is 0.274 e. The topological polar surface area (TPSA) is 47.4 Å². The summed E-state index contributed by atoms with van der Waals surface area (Å²) in [6.45, 7) is 5.15. The Morgan fingerprint density at radius 3 is 2.46 bits per heavy atom. The smallest absolute Gasteiger partial charge is 0.274 e. The van der Waals surface area contributed by atoms with Crippen molar-refractivity contribution in [3.05, 3.63) is 47.0 Å². The lowest BCUT2D eigenvalue weighted by atomic mass is 9.95. The molecule has 0 spiro atoms. The summed E-state index contributed by atoms with van der Waals surface area (Å²) in [6.07, 6.45) is 3.96. The van der Waals surface area contributed by atoms with Gasteiger partial charge in [0.15, 0.2) is 5.69 Å². The molecule has 2 aromatic rings. The Morgan fingerprint density at radius 2 is 1.77 bits per heavy atom. The van der Waals surface area contributed by atoms with Gasteiger partial charge in [-0.05, 0) is 63.8 Å². The number of fused-ring (bicyclic) bond motifs is 1. The zero-order chi connectivity index (χ0) is 18.3. The normalized spacial score (nSPS) is 23.0. The van der Waals surface area contributed by atoms with Gasteiger partial charge in [-0.25, -0.2) is 9.07 Å². The van der Waals surface area contributed by atoms with Crippen LogP contribution in [0.1, 0.15) is 48.4 Å². The van der Waals surface area contributed by atoms with E-state index in [2.05, 4.69) is 5.10 Å². The van der Waals surface area contributed by atoms with Crippen molar-refractivity contribution in [2.75, 3.05) is 13.1 Å². The minimum Gasteiger partial charge on any atom is -0.372 e. The van der Waals surface area contributed by atoms with Crippen molar-refractivity contribution < 1.29 is 13.9 Å². The average Bonchev–Trinajstić information content (AvgIpc) is 3.01. The van der Waals surface area contributed by atoms with Crippen molar-refractivity contribution in [3.8, 4) is 5.69 Å². The van der Waals surface area contributed by atoms with Crippen LogP contribution in [0.3, 0.4) is 0 Å². The number of rotatable bonds is 2. The molecule has 4 rings (SSSR count). The molecule has 0 saturated carbocycles. The fraction of sp³-hybridized carbons (Fsp3) is 0.500. The van der Waals surface area contributed by atoms with Crippen LogP contribution >= 0.6 is 0 Å². The first-order valence-electron chi connectivity index (χ1n) is 9.34. The van der Waals surface area contributed by atoms with Crippen LogP contribution in [0.5, 0.6) is 0 Å². The van der Waals surface area contributed by atoms with Crippen molar-refractivity contribution in [1.29, 1.82) is 0 Å². The van der Waals surface area contributed by atoms with Crippen LogP contribution in [0.2, 0.25) is 0 Å². The average molecular weight is 357 g/mol. The molecule has 1 aromatic carbocycles. The Bertz CT molecular complexity index is 805. The molecular formula is C20H24FN3O2. The summed E-state index contributed by atoms with van der Waals surface area (Å²) in [5.41, 5.74) is 3.48. The molecule has 6 heteroatoms. The molecule has 2 atom stereocenters. The standard InChI is InChI=1S/C20H24FN3O2/c1-13-11-23(12-14(2)26-13)20(25)19-17-5-3-4-6-18(17)24(22-19)16-9-7-15(21)8-10-16/h7-10,13-14H,3-6,11-12H2,1-2H3/t13-,14-/m0/s1. The zero-order valence-corrected chi connectivity index (χ0v) is 15.2. The maximum absolute atomic E-state index is 13.3. The van der Waals surface area contributed by atoms with Crippen LogP contribution in [0.25, 0.3) is 5.69 Å². The third-order valence-electron chi connectivity index (χ3n) is 5.16. The summed E-state index contributed by atoms with van der Waals surface area (Å²) < 4.78 is 20.9. The van der Waals surface area contributed by atoms with Gasteiger partial charge < -0.3 is 9.64 Å². The predicted octanol–water partition coefficient (Wildman–Crippen LogP) is 3.14. The van der Waals surface area contributed by atoms with E-state index in [-0.39, 0.29) is 23.9 Å². The van der Waals surface area contributed by atoms with Crippen molar-refractivity contribution in [2.24, 2.45) is 0 Å². The second-order valence-electron chi connectivity index (χ2n) is 7.34. The highest BCUT2D eigenvalue weighted by Gasteiger charge is 2.32. The first-order valence-corrected chi connectivity index (χ1v) is 9.34. The number of halogens is 1. The summed E-state index contributed by atoms with van der Waals surface area (Å²) in [6, 6.07) is 6.28. The summed E-state index contributed by atoms with van der Waals surface area (Å²) in [7, 11) is 0. The molecule has 5 nitrogen and oxygen atoms in total. The summed E-state index contributed by atoms with van der Waals surface area (Å²) >= 11 is 0. The van der Waals surface area contributed by atoms with Crippen LogP contribution in [-0.4, -0.2) is 45.9 Å². The van der Waals surface area contributed by atoms with Crippen LogP contribution in [-0.2, 0) is 17.6 Å². The van der Waals surface area contributed by atoms with Gasteiger partial charge in [0.1, 0.15) is 5.82 Å². The van der Waals surface area contributed by atoms with Gasteiger partial charge in [-0.1, -0.05) is 0 Å². The minimum absolute atomic E-state index is 0.0222. The van der Waals surface area contributed by atoms with Gasteiger partial charge in [0, 0.05) is 24.3 Å². The molecule has 0 radical (unpaired) electrons. The number of morpholine rings is 1. The molecular weight excluding hydrogens is 333 g/mol. The highest BCUT2D eigenvalue weighted by atomic mass is 19.1. The van der Waals surface area contributed by atoms with Crippen LogP contribution < -0.4 is 0 Å². The van der Waals surface area contributed by atoms with Gasteiger partial charge in [0.2, 0.25) is 0 Å². The summed E-state index contributed by atoms with van der Waals surface area (Å²) in [5, 5.41) is 4.68. The van der Waals surface area contributed by atoms with Crippen LogP contribution in [0.15, 0.2) is 24.3 Å². The number of benzene rings is 1.